The highest BCUT2D eigenvalue weighted by atomic mass is 32.1. The third kappa shape index (κ3) is 2.85. The Balaban J connectivity index is 1.59. The molecule has 1 amide bonds. The lowest BCUT2D eigenvalue weighted by Crippen LogP contribution is -2.36. The number of hydrogen-bond acceptors (Lipinski definition) is 3. The zero-order valence-electron chi connectivity index (χ0n) is 12.0. The number of rotatable bonds is 5. The molecular weight excluding hydrogens is 268 g/mol. The molecule has 1 aliphatic carbocycles. The second-order valence-electron chi connectivity index (χ2n) is 5.66. The number of para-hydroxylation sites is 1. The predicted octanol–water partition coefficient (Wildman–Crippen LogP) is 3.49. The van der Waals surface area contributed by atoms with Crippen LogP contribution in [0.1, 0.15) is 31.2 Å². The van der Waals surface area contributed by atoms with E-state index in [-0.39, 0.29) is 5.91 Å². The van der Waals surface area contributed by atoms with Crippen LogP contribution in [-0.2, 0) is 11.2 Å². The number of aryl methyl sites for hydroxylation is 1. The van der Waals surface area contributed by atoms with Gasteiger partial charge < -0.3 is 4.90 Å². The van der Waals surface area contributed by atoms with Crippen LogP contribution in [0.5, 0.6) is 0 Å². The van der Waals surface area contributed by atoms with Gasteiger partial charge in [0.2, 0.25) is 5.91 Å². The van der Waals surface area contributed by atoms with Crippen LogP contribution in [0.25, 0.3) is 10.2 Å². The van der Waals surface area contributed by atoms with Gasteiger partial charge in [0.15, 0.2) is 0 Å². The molecule has 1 unspecified atom stereocenters. The van der Waals surface area contributed by atoms with Crippen molar-refractivity contribution in [3.05, 3.63) is 29.3 Å². The zero-order valence-corrected chi connectivity index (χ0v) is 12.8. The molecule has 3 nitrogen and oxygen atoms in total. The molecule has 0 N–H and O–H groups in total. The first-order valence-electron chi connectivity index (χ1n) is 7.25. The van der Waals surface area contributed by atoms with Gasteiger partial charge in [-0.2, -0.15) is 0 Å². The number of thiazole rings is 1. The third-order valence-electron chi connectivity index (χ3n) is 4.20. The topological polar surface area (TPSA) is 33.2 Å². The number of amides is 1. The molecule has 106 valence electrons. The maximum absolute atomic E-state index is 12.2. The smallest absolute Gasteiger partial charge is 0.222 e. The Morgan fingerprint density at radius 3 is 2.90 bits per heavy atom. The highest BCUT2D eigenvalue weighted by Gasteiger charge is 2.32. The fourth-order valence-corrected chi connectivity index (χ4v) is 3.51. The molecule has 1 aromatic heterocycles. The number of aromatic nitrogens is 1. The van der Waals surface area contributed by atoms with E-state index in [1.807, 2.05) is 30.1 Å². The monoisotopic (exact) mass is 288 g/mol. The average Bonchev–Trinajstić information content (AvgIpc) is 3.22. The van der Waals surface area contributed by atoms with Crippen LogP contribution in [0.15, 0.2) is 24.3 Å². The summed E-state index contributed by atoms with van der Waals surface area (Å²) < 4.78 is 1.20. The van der Waals surface area contributed by atoms with Gasteiger partial charge in [-0.15, -0.1) is 11.3 Å². The minimum Gasteiger partial charge on any atom is -0.343 e. The lowest BCUT2D eigenvalue weighted by Gasteiger charge is -2.24. The fourth-order valence-electron chi connectivity index (χ4n) is 2.54. The SMILES string of the molecule is CC(C1CC1)N(C)C(=O)CCc1nc2ccccc2s1. The molecule has 20 heavy (non-hydrogen) atoms. The van der Waals surface area contributed by atoms with Gasteiger partial charge in [0.05, 0.1) is 15.2 Å². The van der Waals surface area contributed by atoms with Gasteiger partial charge in [0.25, 0.3) is 0 Å². The van der Waals surface area contributed by atoms with Gasteiger partial charge in [-0.1, -0.05) is 12.1 Å². The van der Waals surface area contributed by atoms with Crippen molar-refractivity contribution >= 4 is 27.5 Å². The molecule has 1 fully saturated rings. The van der Waals surface area contributed by atoms with E-state index in [2.05, 4.69) is 18.0 Å². The van der Waals surface area contributed by atoms with E-state index in [0.29, 0.717) is 12.5 Å². The minimum absolute atomic E-state index is 0.239. The lowest BCUT2D eigenvalue weighted by atomic mass is 10.1. The maximum Gasteiger partial charge on any atom is 0.222 e. The molecule has 1 saturated carbocycles. The first-order valence-corrected chi connectivity index (χ1v) is 8.07. The second kappa shape index (κ2) is 5.52. The van der Waals surface area contributed by atoms with Crippen molar-refractivity contribution in [3.8, 4) is 0 Å². The third-order valence-corrected chi connectivity index (χ3v) is 5.30. The maximum atomic E-state index is 12.2. The van der Waals surface area contributed by atoms with E-state index in [9.17, 15) is 4.79 Å². The van der Waals surface area contributed by atoms with Gasteiger partial charge in [-0.3, -0.25) is 4.79 Å². The molecule has 0 bridgehead atoms. The van der Waals surface area contributed by atoms with E-state index < -0.39 is 0 Å². The Kier molecular flexibility index (Phi) is 3.74. The summed E-state index contributed by atoms with van der Waals surface area (Å²) >= 11 is 1.70. The molecule has 1 aliphatic rings. The summed E-state index contributed by atoms with van der Waals surface area (Å²) in [6.07, 6.45) is 3.86. The Labute approximate surface area is 123 Å². The van der Waals surface area contributed by atoms with Crippen LogP contribution >= 0.6 is 11.3 Å². The van der Waals surface area contributed by atoms with Crippen LogP contribution in [0.3, 0.4) is 0 Å². The van der Waals surface area contributed by atoms with E-state index in [4.69, 9.17) is 0 Å². The number of carbonyl (C=O) groups excluding carboxylic acids is 1. The summed E-state index contributed by atoms with van der Waals surface area (Å²) in [7, 11) is 1.93. The van der Waals surface area contributed by atoms with Crippen LogP contribution in [-0.4, -0.2) is 28.9 Å². The Morgan fingerprint density at radius 2 is 2.20 bits per heavy atom. The first-order chi connectivity index (χ1) is 9.65. The highest BCUT2D eigenvalue weighted by Crippen LogP contribution is 2.34. The summed E-state index contributed by atoms with van der Waals surface area (Å²) in [5.41, 5.74) is 1.04. The Hall–Kier alpha value is -1.42. The summed E-state index contributed by atoms with van der Waals surface area (Å²) in [6, 6.07) is 8.53. The van der Waals surface area contributed by atoms with Crippen LogP contribution < -0.4 is 0 Å². The van der Waals surface area contributed by atoms with Gasteiger partial charge >= 0.3 is 0 Å². The molecule has 0 radical (unpaired) electrons. The summed E-state index contributed by atoms with van der Waals surface area (Å²) in [5, 5.41) is 1.06. The van der Waals surface area contributed by atoms with Crippen LogP contribution in [0.4, 0.5) is 0 Å². The quantitative estimate of drug-likeness (QED) is 0.844. The summed E-state index contributed by atoms with van der Waals surface area (Å²) in [6.45, 7) is 2.16. The molecule has 2 aromatic rings. The zero-order chi connectivity index (χ0) is 14.1. The average molecular weight is 288 g/mol. The van der Waals surface area contributed by atoms with Crippen LogP contribution in [0, 0.1) is 5.92 Å². The number of benzene rings is 1. The number of hydrogen-bond donors (Lipinski definition) is 0. The molecule has 4 heteroatoms. The molecule has 1 aromatic carbocycles. The molecule has 0 spiro atoms. The van der Waals surface area contributed by atoms with Crippen molar-refractivity contribution in [2.75, 3.05) is 7.05 Å². The van der Waals surface area contributed by atoms with E-state index in [0.717, 1.165) is 22.9 Å². The molecule has 1 heterocycles. The normalized spacial score (nSPS) is 16.3. The van der Waals surface area contributed by atoms with Crippen molar-refractivity contribution in [3.63, 3.8) is 0 Å². The van der Waals surface area contributed by atoms with Gasteiger partial charge in [0.1, 0.15) is 0 Å². The molecule has 1 atom stereocenters. The number of nitrogens with zero attached hydrogens (tertiary/aromatic N) is 2. The van der Waals surface area contributed by atoms with E-state index >= 15 is 0 Å². The van der Waals surface area contributed by atoms with E-state index in [1.54, 1.807) is 11.3 Å². The first kappa shape index (κ1) is 13.6. The summed E-state index contributed by atoms with van der Waals surface area (Å²) in [5.74, 6) is 0.968. The minimum atomic E-state index is 0.239. The van der Waals surface area contributed by atoms with E-state index in [1.165, 1.54) is 17.5 Å². The van der Waals surface area contributed by atoms with Gasteiger partial charge in [0, 0.05) is 25.9 Å². The van der Waals surface area contributed by atoms with Crippen molar-refractivity contribution in [2.24, 2.45) is 5.92 Å². The molecule has 0 aliphatic heterocycles. The largest absolute Gasteiger partial charge is 0.343 e. The van der Waals surface area contributed by atoms with Crippen LogP contribution in [0.2, 0.25) is 0 Å². The van der Waals surface area contributed by atoms with Crippen molar-refractivity contribution in [1.29, 1.82) is 0 Å². The predicted molar refractivity (Wildman–Crippen MR) is 82.9 cm³/mol. The number of fused-ring (bicyclic) bond motifs is 1. The highest BCUT2D eigenvalue weighted by molar-refractivity contribution is 7.18. The van der Waals surface area contributed by atoms with Gasteiger partial charge in [-0.05, 0) is 37.8 Å². The van der Waals surface area contributed by atoms with Crippen molar-refractivity contribution in [1.82, 2.24) is 9.88 Å². The Morgan fingerprint density at radius 1 is 1.45 bits per heavy atom. The Bertz CT molecular complexity index is 585. The summed E-state index contributed by atoms with van der Waals surface area (Å²) in [4.78, 5) is 18.7. The molecule has 3 rings (SSSR count). The van der Waals surface area contributed by atoms with Crippen molar-refractivity contribution in [2.45, 2.75) is 38.6 Å². The number of carbonyl (C=O) groups is 1. The fraction of sp³-hybridized carbons (Fsp3) is 0.500. The van der Waals surface area contributed by atoms with Crippen molar-refractivity contribution < 1.29 is 4.79 Å². The lowest BCUT2D eigenvalue weighted by molar-refractivity contribution is -0.132. The standard InChI is InChI=1S/C16H20N2OS/c1-11(12-7-8-12)18(2)16(19)10-9-15-17-13-5-3-4-6-14(13)20-15/h3-6,11-12H,7-10H2,1-2H3. The van der Waals surface area contributed by atoms with Gasteiger partial charge in [-0.25, -0.2) is 4.98 Å². The molecule has 0 saturated heterocycles. The second-order valence-corrected chi connectivity index (χ2v) is 6.77. The molecular formula is C16H20N2OS.